The van der Waals surface area contributed by atoms with Crippen LogP contribution in [0.1, 0.15) is 31.0 Å². The number of aromatic nitrogens is 4. The van der Waals surface area contributed by atoms with E-state index in [1.54, 1.807) is 10.7 Å². The summed E-state index contributed by atoms with van der Waals surface area (Å²) < 4.78 is 1.74. The third kappa shape index (κ3) is 3.00. The van der Waals surface area contributed by atoms with Crippen LogP contribution < -0.4 is 5.32 Å². The molecule has 0 atom stereocenters. The number of imidazole rings is 1. The van der Waals surface area contributed by atoms with E-state index in [-0.39, 0.29) is 5.28 Å². The summed E-state index contributed by atoms with van der Waals surface area (Å²) >= 11 is 11.9. The Morgan fingerprint density at radius 3 is 2.59 bits per heavy atom. The molecular formula is C15H15Cl2N5. The number of fused-ring (bicyclic) bond motifs is 1. The zero-order valence-corrected chi connectivity index (χ0v) is 13.7. The summed E-state index contributed by atoms with van der Waals surface area (Å²) in [4.78, 5) is 8.64. The first-order valence-electron chi connectivity index (χ1n) is 6.94. The van der Waals surface area contributed by atoms with E-state index in [1.165, 1.54) is 0 Å². The fourth-order valence-electron chi connectivity index (χ4n) is 2.17. The zero-order chi connectivity index (χ0) is 15.7. The second-order valence-corrected chi connectivity index (χ2v) is 6.06. The van der Waals surface area contributed by atoms with Gasteiger partial charge in [0.15, 0.2) is 11.5 Å². The highest BCUT2D eigenvalue weighted by Gasteiger charge is 2.14. The van der Waals surface area contributed by atoms with E-state index in [2.05, 4.69) is 34.2 Å². The van der Waals surface area contributed by atoms with Crippen LogP contribution in [0, 0.1) is 0 Å². The van der Waals surface area contributed by atoms with Gasteiger partial charge in [-0.05, 0) is 35.2 Å². The lowest BCUT2D eigenvalue weighted by Crippen LogP contribution is -2.08. The molecule has 0 fully saturated rings. The largest absolute Gasteiger partial charge is 0.363 e. The van der Waals surface area contributed by atoms with Gasteiger partial charge in [-0.15, -0.1) is 5.10 Å². The smallest absolute Gasteiger partial charge is 0.243 e. The van der Waals surface area contributed by atoms with E-state index in [1.807, 2.05) is 24.3 Å². The van der Waals surface area contributed by atoms with Crippen molar-refractivity contribution in [1.82, 2.24) is 19.6 Å². The summed E-state index contributed by atoms with van der Waals surface area (Å²) in [6, 6.07) is 7.63. The Hall–Kier alpha value is -1.85. The molecule has 114 valence electrons. The summed E-state index contributed by atoms with van der Waals surface area (Å²) in [5, 5.41) is 8.39. The highest BCUT2D eigenvalue weighted by molar-refractivity contribution is 6.30. The minimum Gasteiger partial charge on any atom is -0.363 e. The zero-order valence-electron chi connectivity index (χ0n) is 12.2. The van der Waals surface area contributed by atoms with Gasteiger partial charge < -0.3 is 5.32 Å². The third-order valence-electron chi connectivity index (χ3n) is 3.33. The van der Waals surface area contributed by atoms with Crippen LogP contribution in [-0.2, 0) is 6.54 Å². The first kappa shape index (κ1) is 15.1. The number of nitrogens with zero attached hydrogens (tertiary/aromatic N) is 4. The number of hydrogen-bond acceptors (Lipinski definition) is 4. The Labute approximate surface area is 138 Å². The lowest BCUT2D eigenvalue weighted by atomic mass is 10.2. The van der Waals surface area contributed by atoms with Gasteiger partial charge in [0.1, 0.15) is 0 Å². The van der Waals surface area contributed by atoms with Gasteiger partial charge in [-0.3, -0.25) is 0 Å². The molecule has 0 radical (unpaired) electrons. The minimum absolute atomic E-state index is 0.186. The van der Waals surface area contributed by atoms with Crippen molar-refractivity contribution in [2.75, 3.05) is 5.32 Å². The van der Waals surface area contributed by atoms with Gasteiger partial charge in [0, 0.05) is 11.6 Å². The molecule has 0 spiro atoms. The predicted octanol–water partition coefficient (Wildman–Crippen LogP) is 4.17. The quantitative estimate of drug-likeness (QED) is 0.777. The maximum Gasteiger partial charge on any atom is 0.243 e. The van der Waals surface area contributed by atoms with Gasteiger partial charge in [-0.2, -0.15) is 4.98 Å². The van der Waals surface area contributed by atoms with Crippen molar-refractivity contribution >= 4 is 34.7 Å². The van der Waals surface area contributed by atoms with E-state index in [0.717, 1.165) is 11.3 Å². The molecule has 0 aliphatic carbocycles. The lowest BCUT2D eigenvalue weighted by Gasteiger charge is -2.09. The summed E-state index contributed by atoms with van der Waals surface area (Å²) in [7, 11) is 0. The normalized spacial score (nSPS) is 11.3. The molecule has 2 heterocycles. The summed E-state index contributed by atoms with van der Waals surface area (Å²) in [6.07, 6.45) is 1.80. The van der Waals surface area contributed by atoms with Crippen molar-refractivity contribution < 1.29 is 0 Å². The fourth-order valence-corrected chi connectivity index (χ4v) is 2.46. The standard InChI is InChI=1S/C15H15Cl2N5/c1-9(2)12-8-19-14-13(20-15(17)21-22(12)14)18-7-10-3-5-11(16)6-4-10/h3-6,8-9H,7H2,1-2H3,(H,18,20,21). The number of nitrogens with one attached hydrogen (secondary N) is 1. The number of hydrogen-bond donors (Lipinski definition) is 1. The van der Waals surface area contributed by atoms with Gasteiger partial charge >= 0.3 is 0 Å². The lowest BCUT2D eigenvalue weighted by molar-refractivity contribution is 0.751. The molecule has 0 aliphatic heterocycles. The first-order valence-corrected chi connectivity index (χ1v) is 7.69. The Kier molecular flexibility index (Phi) is 4.18. The minimum atomic E-state index is 0.186. The van der Waals surface area contributed by atoms with Gasteiger partial charge in [0.2, 0.25) is 5.28 Å². The van der Waals surface area contributed by atoms with Crippen molar-refractivity contribution in [3.63, 3.8) is 0 Å². The second kappa shape index (κ2) is 6.10. The molecule has 2 aromatic heterocycles. The monoisotopic (exact) mass is 335 g/mol. The van der Waals surface area contributed by atoms with Crippen molar-refractivity contribution in [2.45, 2.75) is 26.3 Å². The molecule has 0 saturated heterocycles. The van der Waals surface area contributed by atoms with E-state index in [4.69, 9.17) is 23.2 Å². The Morgan fingerprint density at radius 2 is 1.91 bits per heavy atom. The first-order chi connectivity index (χ1) is 10.5. The van der Waals surface area contributed by atoms with Gasteiger partial charge in [-0.1, -0.05) is 37.6 Å². The Bertz CT molecular complexity index is 796. The van der Waals surface area contributed by atoms with Gasteiger partial charge in [0.25, 0.3) is 0 Å². The number of benzene rings is 1. The van der Waals surface area contributed by atoms with Crippen molar-refractivity contribution in [1.29, 1.82) is 0 Å². The number of anilines is 1. The molecule has 1 aromatic carbocycles. The van der Waals surface area contributed by atoms with Crippen LogP contribution >= 0.6 is 23.2 Å². The second-order valence-electron chi connectivity index (χ2n) is 5.28. The molecule has 0 aliphatic rings. The molecular weight excluding hydrogens is 321 g/mol. The maximum absolute atomic E-state index is 6.03. The van der Waals surface area contributed by atoms with Crippen LogP contribution in [0.15, 0.2) is 30.5 Å². The van der Waals surface area contributed by atoms with E-state index < -0.39 is 0 Å². The van der Waals surface area contributed by atoms with Gasteiger partial charge in [-0.25, -0.2) is 9.50 Å². The molecule has 3 rings (SSSR count). The van der Waals surface area contributed by atoms with Crippen molar-refractivity contribution in [3.8, 4) is 0 Å². The SMILES string of the molecule is CC(C)c1cnc2c(NCc3ccc(Cl)cc3)nc(Cl)nn12. The fraction of sp³-hybridized carbons (Fsp3) is 0.267. The Morgan fingerprint density at radius 1 is 1.18 bits per heavy atom. The molecule has 7 heteroatoms. The Balaban J connectivity index is 1.91. The van der Waals surface area contributed by atoms with Crippen LogP contribution in [-0.4, -0.2) is 19.6 Å². The van der Waals surface area contributed by atoms with Crippen LogP contribution in [0.5, 0.6) is 0 Å². The molecule has 5 nitrogen and oxygen atoms in total. The summed E-state index contributed by atoms with van der Waals surface area (Å²) in [5.74, 6) is 0.909. The van der Waals surface area contributed by atoms with E-state index in [9.17, 15) is 0 Å². The number of halogens is 2. The predicted molar refractivity (Wildman–Crippen MR) is 88.7 cm³/mol. The van der Waals surface area contributed by atoms with Crippen LogP contribution in [0.2, 0.25) is 10.3 Å². The molecule has 1 N–H and O–H groups in total. The highest BCUT2D eigenvalue weighted by Crippen LogP contribution is 2.21. The van der Waals surface area contributed by atoms with Crippen LogP contribution in [0.3, 0.4) is 0 Å². The third-order valence-corrected chi connectivity index (χ3v) is 3.74. The van der Waals surface area contributed by atoms with Crippen LogP contribution in [0.4, 0.5) is 5.82 Å². The number of rotatable bonds is 4. The van der Waals surface area contributed by atoms with Crippen molar-refractivity contribution in [3.05, 3.63) is 52.0 Å². The van der Waals surface area contributed by atoms with Gasteiger partial charge in [0.05, 0.1) is 11.9 Å². The summed E-state index contributed by atoms with van der Waals surface area (Å²) in [5.41, 5.74) is 2.75. The van der Waals surface area contributed by atoms with Crippen molar-refractivity contribution in [2.24, 2.45) is 0 Å². The highest BCUT2D eigenvalue weighted by atomic mass is 35.5. The molecule has 0 bridgehead atoms. The molecule has 0 unspecified atom stereocenters. The molecule has 0 amide bonds. The van der Waals surface area contributed by atoms with E-state index in [0.29, 0.717) is 29.0 Å². The average molecular weight is 336 g/mol. The molecule has 3 aromatic rings. The van der Waals surface area contributed by atoms with E-state index >= 15 is 0 Å². The average Bonchev–Trinajstić information content (AvgIpc) is 2.90. The molecule has 0 saturated carbocycles. The maximum atomic E-state index is 6.03. The summed E-state index contributed by atoms with van der Waals surface area (Å²) in [6.45, 7) is 4.77. The topological polar surface area (TPSA) is 55.1 Å². The van der Waals surface area contributed by atoms with Crippen LogP contribution in [0.25, 0.3) is 5.65 Å². The molecule has 22 heavy (non-hydrogen) atoms.